The predicted octanol–water partition coefficient (Wildman–Crippen LogP) is 0.964. The van der Waals surface area contributed by atoms with Gasteiger partial charge in [0.25, 0.3) is 0 Å². The Morgan fingerprint density at radius 2 is 2.14 bits per heavy atom. The van der Waals surface area contributed by atoms with Crippen molar-refractivity contribution in [3.05, 3.63) is 23.8 Å². The average Bonchev–Trinajstić information content (AvgIpc) is 2.16. The number of aromatic hydroxyl groups is 1. The number of hydrogen-bond donors (Lipinski definition) is 2. The number of ether oxygens (including phenoxy) is 1. The molecular weight excluding hydrogens is 184 g/mol. The van der Waals surface area contributed by atoms with Gasteiger partial charge in [-0.1, -0.05) is 0 Å². The van der Waals surface area contributed by atoms with Crippen LogP contribution in [0.2, 0.25) is 0 Å². The van der Waals surface area contributed by atoms with Crippen LogP contribution in [-0.4, -0.2) is 29.2 Å². The summed E-state index contributed by atoms with van der Waals surface area (Å²) in [6.07, 6.45) is -1.07. The molecule has 0 aromatic heterocycles. The Morgan fingerprint density at radius 3 is 2.57 bits per heavy atom. The van der Waals surface area contributed by atoms with Gasteiger partial charge >= 0.3 is 0 Å². The summed E-state index contributed by atoms with van der Waals surface area (Å²) in [6.45, 7) is 1.38. The maximum absolute atomic E-state index is 11.3. The highest BCUT2D eigenvalue weighted by Gasteiger charge is 2.13. The van der Waals surface area contributed by atoms with Crippen molar-refractivity contribution in [2.75, 3.05) is 7.11 Å². The highest BCUT2D eigenvalue weighted by Crippen LogP contribution is 2.26. The molecule has 1 aromatic carbocycles. The van der Waals surface area contributed by atoms with E-state index in [1.165, 1.54) is 32.2 Å². The van der Waals surface area contributed by atoms with Crippen molar-refractivity contribution in [2.45, 2.75) is 13.0 Å². The van der Waals surface area contributed by atoms with Crippen molar-refractivity contribution in [1.82, 2.24) is 0 Å². The summed E-state index contributed by atoms with van der Waals surface area (Å²) in [5.41, 5.74) is 0.262. The lowest BCUT2D eigenvalue weighted by Gasteiger charge is -2.06. The zero-order valence-corrected chi connectivity index (χ0v) is 8.02. The fourth-order valence-corrected chi connectivity index (χ4v) is 1.08. The molecule has 2 N–H and O–H groups in total. The molecule has 0 amide bonds. The first kappa shape index (κ1) is 10.5. The Bertz CT molecular complexity index is 344. The number of Topliss-reactive ketones (excluding diaryl/α,β-unsaturated/α-hetero) is 1. The van der Waals surface area contributed by atoms with Gasteiger partial charge in [0.2, 0.25) is 0 Å². The van der Waals surface area contributed by atoms with E-state index >= 15 is 0 Å². The van der Waals surface area contributed by atoms with Crippen molar-refractivity contribution in [3.8, 4) is 11.5 Å². The van der Waals surface area contributed by atoms with Gasteiger partial charge in [0.1, 0.15) is 6.10 Å². The topological polar surface area (TPSA) is 66.8 Å². The molecule has 14 heavy (non-hydrogen) atoms. The number of phenolic OH excluding ortho intramolecular Hbond substituents is 1. The molecule has 0 fully saturated rings. The van der Waals surface area contributed by atoms with Gasteiger partial charge in [-0.25, -0.2) is 0 Å². The molecule has 0 aliphatic rings. The Morgan fingerprint density at radius 1 is 1.50 bits per heavy atom. The van der Waals surface area contributed by atoms with Crippen LogP contribution in [0.25, 0.3) is 0 Å². The molecule has 0 radical (unpaired) electrons. The van der Waals surface area contributed by atoms with Crippen LogP contribution in [0, 0.1) is 0 Å². The number of benzene rings is 1. The highest BCUT2D eigenvalue weighted by molar-refractivity contribution is 5.99. The molecule has 4 heteroatoms. The molecule has 0 bridgehead atoms. The molecule has 1 rings (SSSR count). The van der Waals surface area contributed by atoms with Crippen LogP contribution >= 0.6 is 0 Å². The van der Waals surface area contributed by atoms with Crippen molar-refractivity contribution >= 4 is 5.78 Å². The van der Waals surface area contributed by atoms with E-state index in [0.29, 0.717) is 5.75 Å². The first-order valence-corrected chi connectivity index (χ1v) is 4.15. The summed E-state index contributed by atoms with van der Waals surface area (Å²) in [5, 5.41) is 18.4. The summed E-state index contributed by atoms with van der Waals surface area (Å²) in [6, 6.07) is 4.24. The first-order chi connectivity index (χ1) is 6.56. The monoisotopic (exact) mass is 196 g/mol. The highest BCUT2D eigenvalue weighted by atomic mass is 16.5. The summed E-state index contributed by atoms with van der Waals surface area (Å²) in [4.78, 5) is 11.3. The van der Waals surface area contributed by atoms with Gasteiger partial charge < -0.3 is 14.9 Å². The van der Waals surface area contributed by atoms with E-state index < -0.39 is 11.9 Å². The van der Waals surface area contributed by atoms with Gasteiger partial charge in [-0.3, -0.25) is 4.79 Å². The fraction of sp³-hybridized carbons (Fsp3) is 0.300. The molecule has 0 heterocycles. The largest absolute Gasteiger partial charge is 0.504 e. The molecule has 0 unspecified atom stereocenters. The third kappa shape index (κ3) is 2.03. The number of hydrogen-bond acceptors (Lipinski definition) is 4. The molecule has 0 saturated heterocycles. The van der Waals surface area contributed by atoms with Gasteiger partial charge in [-0.05, 0) is 25.1 Å². The molecular formula is C10H12O4. The third-order valence-electron chi connectivity index (χ3n) is 1.84. The molecule has 76 valence electrons. The molecule has 4 nitrogen and oxygen atoms in total. The smallest absolute Gasteiger partial charge is 0.191 e. The lowest BCUT2D eigenvalue weighted by Crippen LogP contribution is -2.15. The summed E-state index contributed by atoms with van der Waals surface area (Å²) in [5.74, 6) is -0.242. The van der Waals surface area contributed by atoms with E-state index in [1.54, 1.807) is 0 Å². The average molecular weight is 196 g/mol. The van der Waals surface area contributed by atoms with Gasteiger partial charge in [0.05, 0.1) is 7.11 Å². The third-order valence-corrected chi connectivity index (χ3v) is 1.84. The zero-order chi connectivity index (χ0) is 10.7. The maximum Gasteiger partial charge on any atom is 0.191 e. The number of aliphatic hydroxyl groups is 1. The molecule has 0 aliphatic heterocycles. The minimum Gasteiger partial charge on any atom is -0.504 e. The van der Waals surface area contributed by atoms with Crippen LogP contribution in [-0.2, 0) is 0 Å². The Balaban J connectivity index is 3.03. The first-order valence-electron chi connectivity index (χ1n) is 4.15. The summed E-state index contributed by atoms with van der Waals surface area (Å²) < 4.78 is 4.82. The number of carbonyl (C=O) groups excluding carboxylic acids is 1. The van der Waals surface area contributed by atoms with Crippen molar-refractivity contribution < 1.29 is 19.7 Å². The Hall–Kier alpha value is -1.55. The van der Waals surface area contributed by atoms with Crippen LogP contribution in [0.4, 0.5) is 0 Å². The molecule has 0 spiro atoms. The SMILES string of the molecule is COc1ccc(C(=O)[C@@H](C)O)cc1O. The number of phenols is 1. The van der Waals surface area contributed by atoms with Crippen LogP contribution in [0.15, 0.2) is 18.2 Å². The molecule has 0 saturated carbocycles. The second kappa shape index (κ2) is 4.11. The number of rotatable bonds is 3. The normalized spacial score (nSPS) is 12.2. The number of methoxy groups -OCH3 is 1. The van der Waals surface area contributed by atoms with E-state index in [1.807, 2.05) is 0 Å². The minimum absolute atomic E-state index is 0.112. The van der Waals surface area contributed by atoms with Crippen LogP contribution in [0.1, 0.15) is 17.3 Å². The van der Waals surface area contributed by atoms with E-state index in [2.05, 4.69) is 0 Å². The fourth-order valence-electron chi connectivity index (χ4n) is 1.08. The molecule has 1 atom stereocenters. The predicted molar refractivity (Wildman–Crippen MR) is 50.7 cm³/mol. The van der Waals surface area contributed by atoms with Crippen molar-refractivity contribution in [3.63, 3.8) is 0 Å². The lowest BCUT2D eigenvalue weighted by atomic mass is 10.1. The van der Waals surface area contributed by atoms with Crippen LogP contribution < -0.4 is 4.74 Å². The van der Waals surface area contributed by atoms with E-state index in [-0.39, 0.29) is 11.3 Å². The second-order valence-electron chi connectivity index (χ2n) is 2.93. The minimum atomic E-state index is -1.07. The van der Waals surface area contributed by atoms with Crippen LogP contribution in [0.3, 0.4) is 0 Å². The van der Waals surface area contributed by atoms with E-state index in [0.717, 1.165) is 0 Å². The van der Waals surface area contributed by atoms with E-state index in [4.69, 9.17) is 9.84 Å². The van der Waals surface area contributed by atoms with Gasteiger partial charge in [0, 0.05) is 5.56 Å². The maximum atomic E-state index is 11.3. The standard InChI is InChI=1S/C10H12O4/c1-6(11)10(13)7-3-4-9(14-2)8(12)5-7/h3-6,11-12H,1-2H3/t6-/m1/s1. The van der Waals surface area contributed by atoms with Gasteiger partial charge in [-0.15, -0.1) is 0 Å². The number of aliphatic hydroxyl groups excluding tert-OH is 1. The number of ketones is 1. The molecule has 1 aromatic rings. The van der Waals surface area contributed by atoms with Crippen LogP contribution in [0.5, 0.6) is 11.5 Å². The Kier molecular flexibility index (Phi) is 3.09. The summed E-state index contributed by atoms with van der Waals surface area (Å²) in [7, 11) is 1.42. The zero-order valence-electron chi connectivity index (χ0n) is 8.02. The Labute approximate surface area is 81.8 Å². The molecule has 0 aliphatic carbocycles. The number of carbonyl (C=O) groups is 1. The van der Waals surface area contributed by atoms with Gasteiger partial charge in [0.15, 0.2) is 17.3 Å². The van der Waals surface area contributed by atoms with Crippen molar-refractivity contribution in [2.24, 2.45) is 0 Å². The van der Waals surface area contributed by atoms with Gasteiger partial charge in [-0.2, -0.15) is 0 Å². The summed E-state index contributed by atoms with van der Waals surface area (Å²) >= 11 is 0. The lowest BCUT2D eigenvalue weighted by molar-refractivity contribution is 0.0779. The van der Waals surface area contributed by atoms with E-state index in [9.17, 15) is 9.90 Å². The quantitative estimate of drug-likeness (QED) is 0.707. The second-order valence-corrected chi connectivity index (χ2v) is 2.93. The van der Waals surface area contributed by atoms with Crippen molar-refractivity contribution in [1.29, 1.82) is 0 Å².